The molecule has 0 aromatic carbocycles. The largest absolute Gasteiger partial charge is 0.361 e. The molecule has 1 amide bonds. The number of nitrogens with one attached hydrogen (secondary N) is 1. The second-order valence-electron chi connectivity index (χ2n) is 5.27. The molecule has 1 N–H and O–H groups in total. The maximum Gasteiger partial charge on any atom is 0.225 e. The Hall–Kier alpha value is -2.11. The molecule has 21 heavy (non-hydrogen) atoms. The Morgan fingerprint density at radius 2 is 2.24 bits per heavy atom. The Kier molecular flexibility index (Phi) is 4.77. The summed E-state index contributed by atoms with van der Waals surface area (Å²) in [5, 5.41) is 11.1. The number of carbonyl (C=O) groups excluding carboxylic acids is 1. The van der Waals surface area contributed by atoms with Crippen LogP contribution in [0.3, 0.4) is 0 Å². The zero-order valence-corrected chi connectivity index (χ0v) is 13.0. The number of rotatable bonds is 6. The third kappa shape index (κ3) is 3.51. The van der Waals surface area contributed by atoms with Gasteiger partial charge in [0, 0.05) is 18.1 Å². The van der Waals surface area contributed by atoms with Gasteiger partial charge in [-0.15, -0.1) is 0 Å². The molecule has 0 bridgehead atoms. The fourth-order valence-electron chi connectivity index (χ4n) is 2.24. The molecule has 0 aliphatic heterocycles. The number of aryl methyl sites for hydroxylation is 2. The molecule has 0 fully saturated rings. The van der Waals surface area contributed by atoms with E-state index in [0.29, 0.717) is 12.8 Å². The van der Waals surface area contributed by atoms with Crippen LogP contribution in [0, 0.1) is 13.8 Å². The van der Waals surface area contributed by atoms with E-state index in [-0.39, 0.29) is 11.9 Å². The lowest BCUT2D eigenvalue weighted by molar-refractivity contribution is -0.116. The van der Waals surface area contributed by atoms with Crippen molar-refractivity contribution >= 4 is 11.7 Å². The fraction of sp³-hybridized carbons (Fsp3) is 0.533. The standard InChI is InChI=1S/C15H22N4O2/c1-5-10(2)19-14(8-9-16-19)17-15(20)7-6-13-11(3)18-21-12(13)4/h8-10H,5-7H2,1-4H3,(H,17,20). The molecule has 2 aromatic heterocycles. The molecule has 1 atom stereocenters. The van der Waals surface area contributed by atoms with Crippen LogP contribution in [0.4, 0.5) is 5.82 Å². The van der Waals surface area contributed by atoms with Crippen LogP contribution in [0.2, 0.25) is 0 Å². The van der Waals surface area contributed by atoms with Gasteiger partial charge in [0.15, 0.2) is 0 Å². The number of nitrogens with zero attached hydrogens (tertiary/aromatic N) is 3. The number of anilines is 1. The second-order valence-corrected chi connectivity index (χ2v) is 5.27. The van der Waals surface area contributed by atoms with Crippen molar-refractivity contribution in [1.82, 2.24) is 14.9 Å². The predicted molar refractivity (Wildman–Crippen MR) is 80.2 cm³/mol. The van der Waals surface area contributed by atoms with Crippen molar-refractivity contribution in [3.63, 3.8) is 0 Å². The molecule has 0 radical (unpaired) electrons. The minimum Gasteiger partial charge on any atom is -0.361 e. The van der Waals surface area contributed by atoms with Gasteiger partial charge in [0.05, 0.1) is 17.9 Å². The van der Waals surface area contributed by atoms with E-state index < -0.39 is 0 Å². The highest BCUT2D eigenvalue weighted by Crippen LogP contribution is 2.18. The summed E-state index contributed by atoms with van der Waals surface area (Å²) in [7, 11) is 0. The number of hydrogen-bond donors (Lipinski definition) is 1. The Labute approximate surface area is 124 Å². The molecule has 0 saturated heterocycles. The first-order chi connectivity index (χ1) is 10.0. The Morgan fingerprint density at radius 1 is 1.48 bits per heavy atom. The van der Waals surface area contributed by atoms with Gasteiger partial charge in [-0.2, -0.15) is 5.10 Å². The van der Waals surface area contributed by atoms with E-state index in [1.165, 1.54) is 0 Å². The molecule has 0 spiro atoms. The average Bonchev–Trinajstić information content (AvgIpc) is 3.04. The van der Waals surface area contributed by atoms with Gasteiger partial charge in [-0.1, -0.05) is 12.1 Å². The highest BCUT2D eigenvalue weighted by atomic mass is 16.5. The molecule has 2 rings (SSSR count). The summed E-state index contributed by atoms with van der Waals surface area (Å²) in [4.78, 5) is 12.1. The zero-order chi connectivity index (χ0) is 15.4. The zero-order valence-electron chi connectivity index (χ0n) is 13.0. The van der Waals surface area contributed by atoms with Crippen LogP contribution in [0.5, 0.6) is 0 Å². The van der Waals surface area contributed by atoms with Gasteiger partial charge in [0.25, 0.3) is 0 Å². The van der Waals surface area contributed by atoms with Crippen LogP contribution in [0.25, 0.3) is 0 Å². The SMILES string of the molecule is CCC(C)n1nccc1NC(=O)CCc1c(C)noc1C. The minimum absolute atomic E-state index is 0.0277. The lowest BCUT2D eigenvalue weighted by Gasteiger charge is -2.14. The van der Waals surface area contributed by atoms with Crippen molar-refractivity contribution in [1.29, 1.82) is 0 Å². The first-order valence-corrected chi connectivity index (χ1v) is 7.28. The van der Waals surface area contributed by atoms with Crippen LogP contribution >= 0.6 is 0 Å². The summed E-state index contributed by atoms with van der Waals surface area (Å²) in [6.45, 7) is 7.93. The lowest BCUT2D eigenvalue weighted by atomic mass is 10.1. The van der Waals surface area contributed by atoms with Crippen LogP contribution in [-0.4, -0.2) is 20.8 Å². The van der Waals surface area contributed by atoms with E-state index in [4.69, 9.17) is 4.52 Å². The summed E-state index contributed by atoms with van der Waals surface area (Å²) in [5.74, 6) is 1.50. The van der Waals surface area contributed by atoms with Crippen molar-refractivity contribution in [2.24, 2.45) is 0 Å². The number of hydrogen-bond acceptors (Lipinski definition) is 4. The van der Waals surface area contributed by atoms with Crippen molar-refractivity contribution < 1.29 is 9.32 Å². The molecular weight excluding hydrogens is 268 g/mol. The average molecular weight is 290 g/mol. The molecule has 6 nitrogen and oxygen atoms in total. The van der Waals surface area contributed by atoms with Gasteiger partial charge in [0.2, 0.25) is 5.91 Å². The maximum atomic E-state index is 12.1. The summed E-state index contributed by atoms with van der Waals surface area (Å²) in [6.07, 6.45) is 3.69. The van der Waals surface area contributed by atoms with Crippen molar-refractivity contribution in [3.05, 3.63) is 29.3 Å². The van der Waals surface area contributed by atoms with E-state index in [9.17, 15) is 4.79 Å². The normalized spacial score (nSPS) is 12.4. The maximum absolute atomic E-state index is 12.1. The molecule has 114 valence electrons. The minimum atomic E-state index is -0.0277. The molecule has 2 aromatic rings. The van der Waals surface area contributed by atoms with Crippen LogP contribution in [0.1, 0.15) is 49.7 Å². The van der Waals surface area contributed by atoms with E-state index >= 15 is 0 Å². The Morgan fingerprint density at radius 3 is 2.86 bits per heavy atom. The van der Waals surface area contributed by atoms with Gasteiger partial charge in [-0.05, 0) is 33.6 Å². The number of amides is 1. The van der Waals surface area contributed by atoms with Gasteiger partial charge in [-0.3, -0.25) is 4.79 Å². The van der Waals surface area contributed by atoms with Crippen molar-refractivity contribution in [3.8, 4) is 0 Å². The molecule has 0 aliphatic carbocycles. The third-order valence-electron chi connectivity index (χ3n) is 3.73. The van der Waals surface area contributed by atoms with Gasteiger partial charge < -0.3 is 9.84 Å². The highest BCUT2D eigenvalue weighted by molar-refractivity contribution is 5.90. The van der Waals surface area contributed by atoms with Gasteiger partial charge >= 0.3 is 0 Å². The number of aromatic nitrogens is 3. The van der Waals surface area contributed by atoms with E-state index in [2.05, 4.69) is 29.4 Å². The third-order valence-corrected chi connectivity index (χ3v) is 3.73. The van der Waals surface area contributed by atoms with Crippen molar-refractivity contribution in [2.45, 2.75) is 53.0 Å². The molecule has 0 saturated carbocycles. The fourth-order valence-corrected chi connectivity index (χ4v) is 2.24. The van der Waals surface area contributed by atoms with E-state index in [0.717, 1.165) is 29.3 Å². The van der Waals surface area contributed by atoms with Crippen LogP contribution in [0.15, 0.2) is 16.8 Å². The molecular formula is C15H22N4O2. The highest BCUT2D eigenvalue weighted by Gasteiger charge is 2.14. The molecule has 2 heterocycles. The van der Waals surface area contributed by atoms with Gasteiger partial charge in [-0.25, -0.2) is 4.68 Å². The summed E-state index contributed by atoms with van der Waals surface area (Å²) < 4.78 is 6.94. The smallest absolute Gasteiger partial charge is 0.225 e. The Balaban J connectivity index is 1.95. The number of carbonyl (C=O) groups is 1. The summed E-state index contributed by atoms with van der Waals surface area (Å²) in [5.41, 5.74) is 1.87. The van der Waals surface area contributed by atoms with Crippen LogP contribution < -0.4 is 5.32 Å². The summed E-state index contributed by atoms with van der Waals surface area (Å²) in [6, 6.07) is 2.08. The molecule has 0 aliphatic rings. The second kappa shape index (κ2) is 6.56. The topological polar surface area (TPSA) is 73.0 Å². The van der Waals surface area contributed by atoms with Crippen molar-refractivity contribution in [2.75, 3.05) is 5.32 Å². The quantitative estimate of drug-likeness (QED) is 0.887. The Bertz CT molecular complexity index is 595. The van der Waals surface area contributed by atoms with E-state index in [1.54, 1.807) is 6.20 Å². The van der Waals surface area contributed by atoms with Crippen LogP contribution in [-0.2, 0) is 11.2 Å². The monoisotopic (exact) mass is 290 g/mol. The molecule has 1 unspecified atom stereocenters. The molecule has 6 heteroatoms. The lowest BCUT2D eigenvalue weighted by Crippen LogP contribution is -2.17. The van der Waals surface area contributed by atoms with E-state index in [1.807, 2.05) is 24.6 Å². The first-order valence-electron chi connectivity index (χ1n) is 7.28. The first kappa shape index (κ1) is 15.3. The summed E-state index contributed by atoms with van der Waals surface area (Å²) >= 11 is 0. The van der Waals surface area contributed by atoms with Gasteiger partial charge in [0.1, 0.15) is 11.6 Å². The predicted octanol–water partition coefficient (Wildman–Crippen LogP) is 3.03.